The van der Waals surface area contributed by atoms with Gasteiger partial charge in [0, 0.05) is 6.20 Å². The molecule has 1 N–H and O–H groups in total. The molecule has 0 saturated carbocycles. The summed E-state index contributed by atoms with van der Waals surface area (Å²) in [5, 5.41) is 0.121. The zero-order valence-electron chi connectivity index (χ0n) is 7.89. The predicted octanol–water partition coefficient (Wildman–Crippen LogP) is 3.30. The molecule has 0 amide bonds. The summed E-state index contributed by atoms with van der Waals surface area (Å²) in [6, 6.07) is 1.41. The van der Waals surface area contributed by atoms with E-state index < -0.39 is 11.9 Å². The fraction of sp³-hybridized carbons (Fsp3) is 0.125. The molecule has 0 radical (unpaired) electrons. The zero-order chi connectivity index (χ0) is 12.6. The Kier molecular flexibility index (Phi) is 3.09. The summed E-state index contributed by atoms with van der Waals surface area (Å²) < 4.78 is 37.1. The van der Waals surface area contributed by atoms with Crippen molar-refractivity contribution in [1.29, 1.82) is 0 Å². The number of rotatable bonds is 1. The smallest absolute Gasteiger partial charge is 0.331 e. The fourth-order valence-electron chi connectivity index (χ4n) is 1.10. The van der Waals surface area contributed by atoms with Gasteiger partial charge in [-0.2, -0.15) is 13.2 Å². The third kappa shape index (κ3) is 2.58. The minimum absolute atomic E-state index is 0.00583. The molecular formula is C8H3BrClF3N4. The number of aromatic nitrogens is 4. The van der Waals surface area contributed by atoms with Gasteiger partial charge in [-0.05, 0) is 22.0 Å². The highest BCUT2D eigenvalue weighted by Gasteiger charge is 2.36. The molecule has 0 fully saturated rings. The highest BCUT2D eigenvalue weighted by molar-refractivity contribution is 9.10. The summed E-state index contributed by atoms with van der Waals surface area (Å²) in [5.74, 6) is -0.111. The SMILES string of the molecule is FC(F)(F)c1[nH]c(-c2nccc(Cl)n2)nc1Br. The Morgan fingerprint density at radius 3 is 2.53 bits per heavy atom. The second kappa shape index (κ2) is 4.26. The molecule has 0 aromatic carbocycles. The van der Waals surface area contributed by atoms with E-state index in [1.54, 1.807) is 0 Å². The molecule has 17 heavy (non-hydrogen) atoms. The number of aromatic amines is 1. The maximum absolute atomic E-state index is 12.5. The van der Waals surface area contributed by atoms with Crippen molar-refractivity contribution in [1.82, 2.24) is 19.9 Å². The molecule has 0 aliphatic heterocycles. The summed E-state index contributed by atoms with van der Waals surface area (Å²) in [6.07, 6.45) is -3.20. The molecule has 90 valence electrons. The van der Waals surface area contributed by atoms with Crippen LogP contribution >= 0.6 is 27.5 Å². The minimum Gasteiger partial charge on any atom is -0.331 e. The van der Waals surface area contributed by atoms with Gasteiger partial charge in [-0.15, -0.1) is 0 Å². The molecule has 9 heteroatoms. The van der Waals surface area contributed by atoms with E-state index in [-0.39, 0.29) is 21.4 Å². The number of imidazole rings is 1. The lowest BCUT2D eigenvalue weighted by molar-refractivity contribution is -0.141. The third-order valence-electron chi connectivity index (χ3n) is 1.78. The summed E-state index contributed by atoms with van der Waals surface area (Å²) in [5.41, 5.74) is -0.990. The van der Waals surface area contributed by atoms with Crippen molar-refractivity contribution in [3.63, 3.8) is 0 Å². The minimum atomic E-state index is -4.53. The van der Waals surface area contributed by atoms with Gasteiger partial charge in [0.15, 0.2) is 17.3 Å². The number of H-pyrrole nitrogens is 1. The lowest BCUT2D eigenvalue weighted by Gasteiger charge is -2.02. The molecule has 2 rings (SSSR count). The maximum atomic E-state index is 12.5. The Morgan fingerprint density at radius 2 is 2.00 bits per heavy atom. The van der Waals surface area contributed by atoms with Gasteiger partial charge in [0.05, 0.1) is 0 Å². The fourth-order valence-corrected chi connectivity index (χ4v) is 1.73. The van der Waals surface area contributed by atoms with Gasteiger partial charge >= 0.3 is 6.18 Å². The molecule has 0 unspecified atom stereocenters. The molecule has 4 nitrogen and oxygen atoms in total. The number of halogens is 5. The number of hydrogen-bond donors (Lipinski definition) is 1. The monoisotopic (exact) mass is 326 g/mol. The van der Waals surface area contributed by atoms with Gasteiger partial charge in [0.2, 0.25) is 0 Å². The van der Waals surface area contributed by atoms with Gasteiger partial charge in [-0.25, -0.2) is 15.0 Å². The first-order chi connectivity index (χ1) is 7.88. The standard InChI is InChI=1S/C8H3BrClF3N4/c9-5-4(8(11,12)13)16-7(17-5)6-14-2-1-3(10)15-6/h1-2H,(H,16,17). The van der Waals surface area contributed by atoms with E-state index in [4.69, 9.17) is 11.6 Å². The number of nitrogens with one attached hydrogen (secondary N) is 1. The number of alkyl halides is 3. The van der Waals surface area contributed by atoms with Crippen LogP contribution in [-0.2, 0) is 6.18 Å². The first-order valence-electron chi connectivity index (χ1n) is 4.19. The molecule has 0 saturated heterocycles. The van der Waals surface area contributed by atoms with Gasteiger partial charge in [0.1, 0.15) is 9.76 Å². The van der Waals surface area contributed by atoms with Gasteiger partial charge in [-0.1, -0.05) is 11.6 Å². The Hall–Kier alpha value is -1.15. The largest absolute Gasteiger partial charge is 0.433 e. The van der Waals surface area contributed by atoms with Gasteiger partial charge in [-0.3, -0.25) is 0 Å². The lowest BCUT2D eigenvalue weighted by Crippen LogP contribution is -2.06. The normalized spacial score (nSPS) is 11.8. The lowest BCUT2D eigenvalue weighted by atomic mass is 10.5. The number of hydrogen-bond acceptors (Lipinski definition) is 3. The molecular weight excluding hydrogens is 324 g/mol. The second-order valence-corrected chi connectivity index (χ2v) is 4.09. The van der Waals surface area contributed by atoms with E-state index in [2.05, 4.69) is 35.9 Å². The number of nitrogens with zero attached hydrogens (tertiary/aromatic N) is 3. The van der Waals surface area contributed by atoms with Crippen LogP contribution in [0.5, 0.6) is 0 Å². The zero-order valence-corrected chi connectivity index (χ0v) is 10.2. The van der Waals surface area contributed by atoms with E-state index in [1.165, 1.54) is 12.3 Å². The van der Waals surface area contributed by atoms with Crippen molar-refractivity contribution in [3.05, 3.63) is 27.7 Å². The van der Waals surface area contributed by atoms with Crippen LogP contribution in [0.4, 0.5) is 13.2 Å². The topological polar surface area (TPSA) is 54.5 Å². The van der Waals surface area contributed by atoms with Crippen LogP contribution in [0.25, 0.3) is 11.6 Å². The Balaban J connectivity index is 2.49. The third-order valence-corrected chi connectivity index (χ3v) is 2.56. The van der Waals surface area contributed by atoms with Crippen LogP contribution in [0.1, 0.15) is 5.69 Å². The summed E-state index contributed by atoms with van der Waals surface area (Å²) in [6.45, 7) is 0. The second-order valence-electron chi connectivity index (χ2n) is 2.95. The summed E-state index contributed by atoms with van der Waals surface area (Å²) >= 11 is 8.32. The van der Waals surface area contributed by atoms with Crippen molar-refractivity contribution in [3.8, 4) is 11.6 Å². The quantitative estimate of drug-likeness (QED) is 0.818. The molecule has 0 spiro atoms. The van der Waals surface area contributed by atoms with Gasteiger partial charge in [0.25, 0.3) is 0 Å². The summed E-state index contributed by atoms with van der Waals surface area (Å²) in [4.78, 5) is 13.3. The highest BCUT2D eigenvalue weighted by Crippen LogP contribution is 2.34. The van der Waals surface area contributed by atoms with Crippen molar-refractivity contribution in [2.75, 3.05) is 0 Å². The summed E-state index contributed by atoms with van der Waals surface area (Å²) in [7, 11) is 0. The molecule has 2 aromatic rings. The Bertz CT molecular complexity index is 554. The molecule has 0 bridgehead atoms. The molecule has 2 aromatic heterocycles. The van der Waals surface area contributed by atoms with Crippen molar-refractivity contribution in [2.45, 2.75) is 6.18 Å². The Morgan fingerprint density at radius 1 is 1.29 bits per heavy atom. The van der Waals surface area contributed by atoms with Gasteiger partial charge < -0.3 is 4.98 Å². The first kappa shape index (κ1) is 12.3. The predicted molar refractivity (Wildman–Crippen MR) is 57.3 cm³/mol. The van der Waals surface area contributed by atoms with E-state index in [0.29, 0.717) is 0 Å². The van der Waals surface area contributed by atoms with Crippen molar-refractivity contribution in [2.24, 2.45) is 0 Å². The maximum Gasteiger partial charge on any atom is 0.433 e. The molecule has 0 atom stereocenters. The highest BCUT2D eigenvalue weighted by atomic mass is 79.9. The van der Waals surface area contributed by atoms with Crippen LogP contribution in [-0.4, -0.2) is 19.9 Å². The van der Waals surface area contributed by atoms with Crippen LogP contribution in [0, 0.1) is 0 Å². The van der Waals surface area contributed by atoms with E-state index >= 15 is 0 Å². The van der Waals surface area contributed by atoms with Crippen molar-refractivity contribution >= 4 is 27.5 Å². The average Bonchev–Trinajstić information content (AvgIpc) is 2.60. The van der Waals surface area contributed by atoms with E-state index in [0.717, 1.165) is 0 Å². The molecule has 2 heterocycles. The van der Waals surface area contributed by atoms with Crippen LogP contribution < -0.4 is 0 Å². The Labute approximate surface area is 106 Å². The van der Waals surface area contributed by atoms with Crippen LogP contribution in [0.3, 0.4) is 0 Å². The first-order valence-corrected chi connectivity index (χ1v) is 5.36. The van der Waals surface area contributed by atoms with E-state index in [1.807, 2.05) is 0 Å². The van der Waals surface area contributed by atoms with Crippen LogP contribution in [0.2, 0.25) is 5.15 Å². The average molecular weight is 327 g/mol. The molecule has 0 aliphatic rings. The van der Waals surface area contributed by atoms with Crippen molar-refractivity contribution < 1.29 is 13.2 Å². The van der Waals surface area contributed by atoms with Crippen LogP contribution in [0.15, 0.2) is 16.9 Å². The molecule has 0 aliphatic carbocycles. The van der Waals surface area contributed by atoms with E-state index in [9.17, 15) is 13.2 Å².